The van der Waals surface area contributed by atoms with Gasteiger partial charge in [0.1, 0.15) is 11.6 Å². The number of ether oxygens (including phenoxy) is 1. The first-order chi connectivity index (χ1) is 8.61. The Labute approximate surface area is 103 Å². The molecule has 0 radical (unpaired) electrons. The van der Waals surface area contributed by atoms with Crippen LogP contribution in [-0.4, -0.2) is 41.7 Å². The number of carbonyl (C=O) groups is 1. The van der Waals surface area contributed by atoms with Gasteiger partial charge in [-0.1, -0.05) is 0 Å². The summed E-state index contributed by atoms with van der Waals surface area (Å²) in [6.07, 6.45) is -0.682. The van der Waals surface area contributed by atoms with E-state index in [1.54, 1.807) is 0 Å². The molecule has 1 saturated heterocycles. The van der Waals surface area contributed by atoms with Crippen molar-refractivity contribution in [1.82, 2.24) is 4.90 Å². The highest BCUT2D eigenvalue weighted by atomic mass is 19.1. The van der Waals surface area contributed by atoms with Crippen LogP contribution in [-0.2, 0) is 4.74 Å². The van der Waals surface area contributed by atoms with Crippen LogP contribution in [0.3, 0.4) is 0 Å². The number of aromatic hydroxyl groups is 1. The Hall–Kier alpha value is -2.13. The van der Waals surface area contributed by atoms with Crippen LogP contribution >= 0.6 is 0 Å². The van der Waals surface area contributed by atoms with Gasteiger partial charge in [-0.05, 0) is 18.2 Å². The van der Waals surface area contributed by atoms with Gasteiger partial charge in [-0.15, -0.1) is 0 Å². The number of hydrogen-bond donors (Lipinski definition) is 1. The fourth-order valence-corrected chi connectivity index (χ4v) is 1.76. The van der Waals surface area contributed by atoms with Crippen LogP contribution in [0.4, 0.5) is 4.39 Å². The van der Waals surface area contributed by atoms with Gasteiger partial charge in [-0.2, -0.15) is 5.26 Å². The zero-order valence-electron chi connectivity index (χ0n) is 9.47. The zero-order valence-corrected chi connectivity index (χ0v) is 9.47. The maximum absolute atomic E-state index is 13.1. The fourth-order valence-electron chi connectivity index (χ4n) is 1.76. The van der Waals surface area contributed by atoms with Crippen molar-refractivity contribution in [2.24, 2.45) is 0 Å². The van der Waals surface area contributed by atoms with Gasteiger partial charge in [0.25, 0.3) is 5.91 Å². The van der Waals surface area contributed by atoms with E-state index < -0.39 is 17.8 Å². The number of phenolic OH excluding ortho intramolecular Hbond substituents is 1. The normalized spacial score (nSPS) is 19.3. The first-order valence-corrected chi connectivity index (χ1v) is 5.41. The molecule has 6 heteroatoms. The lowest BCUT2D eigenvalue weighted by molar-refractivity contribution is 0.00332. The highest BCUT2D eigenvalue weighted by molar-refractivity contribution is 5.96. The second-order valence-electron chi connectivity index (χ2n) is 3.90. The summed E-state index contributed by atoms with van der Waals surface area (Å²) in [5.74, 6) is -1.38. The number of nitrogens with zero attached hydrogens (tertiary/aromatic N) is 2. The third kappa shape index (κ3) is 2.41. The van der Waals surface area contributed by atoms with Gasteiger partial charge in [0, 0.05) is 6.54 Å². The quantitative estimate of drug-likeness (QED) is 0.803. The maximum atomic E-state index is 13.1. The van der Waals surface area contributed by atoms with Crippen LogP contribution in [0.15, 0.2) is 18.2 Å². The van der Waals surface area contributed by atoms with Gasteiger partial charge in [0.05, 0.1) is 24.8 Å². The highest BCUT2D eigenvalue weighted by Crippen LogP contribution is 2.20. The molecule has 5 nitrogen and oxygen atoms in total. The molecular formula is C12H11FN2O3. The van der Waals surface area contributed by atoms with Crippen molar-refractivity contribution in [3.8, 4) is 11.8 Å². The molecule has 18 heavy (non-hydrogen) atoms. The number of rotatable bonds is 1. The Morgan fingerprint density at radius 1 is 1.61 bits per heavy atom. The van der Waals surface area contributed by atoms with Gasteiger partial charge in [-0.25, -0.2) is 4.39 Å². The summed E-state index contributed by atoms with van der Waals surface area (Å²) in [5, 5.41) is 18.3. The van der Waals surface area contributed by atoms with Crippen LogP contribution in [0.1, 0.15) is 10.4 Å². The van der Waals surface area contributed by atoms with Crippen molar-refractivity contribution in [2.75, 3.05) is 19.7 Å². The first kappa shape index (κ1) is 12.3. The molecule has 94 valence electrons. The Kier molecular flexibility index (Phi) is 3.44. The molecule has 1 atom stereocenters. The third-order valence-electron chi connectivity index (χ3n) is 2.69. The van der Waals surface area contributed by atoms with Gasteiger partial charge in [0.15, 0.2) is 6.10 Å². The van der Waals surface area contributed by atoms with Gasteiger partial charge in [-0.3, -0.25) is 4.79 Å². The molecule has 0 spiro atoms. The molecule has 0 bridgehead atoms. The minimum atomic E-state index is -0.682. The molecule has 1 aliphatic heterocycles. The number of carbonyl (C=O) groups excluding carboxylic acids is 1. The van der Waals surface area contributed by atoms with E-state index in [4.69, 9.17) is 10.00 Å². The molecule has 1 aromatic carbocycles. The minimum Gasteiger partial charge on any atom is -0.507 e. The minimum absolute atomic E-state index is 0.103. The van der Waals surface area contributed by atoms with Crippen molar-refractivity contribution in [3.63, 3.8) is 0 Å². The van der Waals surface area contributed by atoms with E-state index in [-0.39, 0.29) is 24.5 Å². The van der Waals surface area contributed by atoms with E-state index in [9.17, 15) is 14.3 Å². The number of hydrogen-bond acceptors (Lipinski definition) is 4. The van der Waals surface area contributed by atoms with Crippen molar-refractivity contribution in [3.05, 3.63) is 29.6 Å². The van der Waals surface area contributed by atoms with Crippen LogP contribution < -0.4 is 0 Å². The number of benzene rings is 1. The van der Waals surface area contributed by atoms with Gasteiger partial charge >= 0.3 is 0 Å². The van der Waals surface area contributed by atoms with Crippen LogP contribution in [0.2, 0.25) is 0 Å². The molecule has 0 aromatic heterocycles. The smallest absolute Gasteiger partial charge is 0.257 e. The van der Waals surface area contributed by atoms with E-state index in [2.05, 4.69) is 0 Å². The van der Waals surface area contributed by atoms with Gasteiger partial charge < -0.3 is 14.7 Å². The lowest BCUT2D eigenvalue weighted by Crippen LogP contribution is -2.45. The van der Waals surface area contributed by atoms with E-state index in [1.165, 1.54) is 4.90 Å². The lowest BCUT2D eigenvalue weighted by atomic mass is 10.1. The van der Waals surface area contributed by atoms with Crippen LogP contribution in [0.5, 0.6) is 5.75 Å². The molecule has 0 saturated carbocycles. The van der Waals surface area contributed by atoms with Crippen molar-refractivity contribution in [1.29, 1.82) is 5.26 Å². The number of morpholine rings is 1. The molecule has 1 aromatic rings. The van der Waals surface area contributed by atoms with Crippen molar-refractivity contribution >= 4 is 5.91 Å². The number of amides is 1. The summed E-state index contributed by atoms with van der Waals surface area (Å²) in [7, 11) is 0. The highest BCUT2D eigenvalue weighted by Gasteiger charge is 2.26. The molecule has 1 N–H and O–H groups in total. The predicted molar refractivity (Wildman–Crippen MR) is 59.3 cm³/mol. The molecule has 1 fully saturated rings. The standard InChI is InChI=1S/C12H11FN2O3/c13-8-1-2-11(16)10(5-8)12(17)15-3-4-18-9(6-14)7-15/h1-2,5,9,16H,3-4,7H2. The van der Waals surface area contributed by atoms with Crippen LogP contribution in [0.25, 0.3) is 0 Å². The number of nitriles is 1. The topological polar surface area (TPSA) is 73.6 Å². The predicted octanol–water partition coefficient (Wildman–Crippen LogP) is 0.896. The number of halogens is 1. The lowest BCUT2D eigenvalue weighted by Gasteiger charge is -2.29. The summed E-state index contributed by atoms with van der Waals surface area (Å²) in [4.78, 5) is 13.4. The van der Waals surface area contributed by atoms with Crippen molar-refractivity contribution in [2.45, 2.75) is 6.10 Å². The second-order valence-corrected chi connectivity index (χ2v) is 3.90. The molecule has 1 heterocycles. The van der Waals surface area contributed by atoms with E-state index in [0.29, 0.717) is 6.54 Å². The monoisotopic (exact) mass is 250 g/mol. The van der Waals surface area contributed by atoms with E-state index in [0.717, 1.165) is 18.2 Å². The zero-order chi connectivity index (χ0) is 13.1. The molecule has 0 aliphatic carbocycles. The first-order valence-electron chi connectivity index (χ1n) is 5.41. The molecular weight excluding hydrogens is 239 g/mol. The molecule has 1 amide bonds. The maximum Gasteiger partial charge on any atom is 0.257 e. The molecule has 1 unspecified atom stereocenters. The second kappa shape index (κ2) is 5.02. The summed E-state index contributed by atoms with van der Waals surface area (Å²) in [6, 6.07) is 5.10. The Morgan fingerprint density at radius 3 is 3.11 bits per heavy atom. The number of phenols is 1. The Morgan fingerprint density at radius 2 is 2.39 bits per heavy atom. The Balaban J connectivity index is 2.21. The summed E-state index contributed by atoms with van der Waals surface area (Å²) < 4.78 is 18.2. The molecule has 1 aliphatic rings. The average molecular weight is 250 g/mol. The summed E-state index contributed by atoms with van der Waals surface area (Å²) in [5.41, 5.74) is -0.103. The SMILES string of the molecule is N#CC1CN(C(=O)c2cc(F)ccc2O)CCO1. The Bertz CT molecular complexity index is 513. The van der Waals surface area contributed by atoms with E-state index >= 15 is 0 Å². The van der Waals surface area contributed by atoms with Gasteiger partial charge in [0.2, 0.25) is 0 Å². The fraction of sp³-hybridized carbons (Fsp3) is 0.333. The third-order valence-corrected chi connectivity index (χ3v) is 2.69. The van der Waals surface area contributed by atoms with Crippen LogP contribution in [0, 0.1) is 17.1 Å². The summed E-state index contributed by atoms with van der Waals surface area (Å²) in [6.45, 7) is 0.679. The largest absolute Gasteiger partial charge is 0.507 e. The average Bonchev–Trinajstić information content (AvgIpc) is 2.41. The summed E-state index contributed by atoms with van der Waals surface area (Å²) >= 11 is 0. The molecule has 2 rings (SSSR count). The van der Waals surface area contributed by atoms with Crippen molar-refractivity contribution < 1.29 is 19.0 Å². The van der Waals surface area contributed by atoms with E-state index in [1.807, 2.05) is 6.07 Å².